The van der Waals surface area contributed by atoms with Crippen molar-refractivity contribution in [1.82, 2.24) is 0 Å². The Morgan fingerprint density at radius 3 is 1.69 bits per heavy atom. The molecule has 48 heavy (non-hydrogen) atoms. The van der Waals surface area contributed by atoms with E-state index in [1.807, 2.05) is 0 Å². The van der Waals surface area contributed by atoms with Crippen molar-refractivity contribution >= 4 is 11.9 Å². The molecule has 0 aromatic heterocycles. The monoisotopic (exact) mass is 652 g/mol. The van der Waals surface area contributed by atoms with Crippen LogP contribution in [0.2, 0.25) is 0 Å². The van der Waals surface area contributed by atoms with E-state index in [9.17, 15) is 9.59 Å². The molecule has 0 fully saturated rings. The van der Waals surface area contributed by atoms with Crippen LogP contribution in [0, 0.1) is 16.7 Å². The summed E-state index contributed by atoms with van der Waals surface area (Å²) in [6, 6.07) is 0. The molecule has 0 aromatic carbocycles. The highest BCUT2D eigenvalue weighted by molar-refractivity contribution is 5.66. The van der Waals surface area contributed by atoms with Gasteiger partial charge in [0.15, 0.2) is 0 Å². The Morgan fingerprint density at radius 2 is 1.19 bits per heavy atom. The summed E-state index contributed by atoms with van der Waals surface area (Å²) in [7, 11) is 0. The van der Waals surface area contributed by atoms with E-state index in [1.54, 1.807) is 0 Å². The smallest absolute Gasteiger partial charge is 0.303 e. The fourth-order valence-electron chi connectivity index (χ4n) is 6.69. The van der Waals surface area contributed by atoms with Gasteiger partial charge in [-0.3, -0.25) is 9.59 Å². The van der Waals surface area contributed by atoms with Gasteiger partial charge in [0.2, 0.25) is 0 Å². The summed E-state index contributed by atoms with van der Waals surface area (Å²) in [6.07, 6.45) is 34.2. The second-order valence-electron chi connectivity index (χ2n) is 14.9. The molecular weight excluding hydrogens is 592 g/mol. The Labute approximate surface area is 291 Å². The van der Waals surface area contributed by atoms with Crippen molar-refractivity contribution in [2.45, 2.75) is 115 Å². The lowest BCUT2D eigenvalue weighted by Crippen LogP contribution is -2.34. The Hall–Kier alpha value is -3.92. The van der Waals surface area contributed by atoms with E-state index in [0.29, 0.717) is 5.92 Å². The van der Waals surface area contributed by atoms with Crippen molar-refractivity contribution in [3.05, 3.63) is 130 Å². The molecule has 2 rings (SSSR count). The topological polar surface area (TPSA) is 52.6 Å². The Kier molecular flexibility index (Phi) is 15.6. The normalized spacial score (nSPS) is 24.4. The van der Waals surface area contributed by atoms with Crippen molar-refractivity contribution < 1.29 is 19.1 Å². The van der Waals surface area contributed by atoms with E-state index < -0.39 is 0 Å². The number of hydrogen-bond acceptors (Lipinski definition) is 4. The molecule has 0 bridgehead atoms. The molecule has 260 valence electrons. The first kappa shape index (κ1) is 40.3. The first-order valence-corrected chi connectivity index (χ1v) is 17.2. The van der Waals surface area contributed by atoms with Crippen LogP contribution in [-0.2, 0) is 19.1 Å². The lowest BCUT2D eigenvalue weighted by Gasteiger charge is -2.39. The van der Waals surface area contributed by atoms with E-state index >= 15 is 0 Å². The zero-order chi connectivity index (χ0) is 36.1. The molecule has 2 aliphatic carbocycles. The van der Waals surface area contributed by atoms with Gasteiger partial charge in [0, 0.05) is 26.2 Å². The van der Waals surface area contributed by atoms with Gasteiger partial charge in [0.05, 0.1) is 0 Å². The van der Waals surface area contributed by atoms with Gasteiger partial charge in [-0.2, -0.15) is 0 Å². The van der Waals surface area contributed by atoms with Gasteiger partial charge < -0.3 is 9.47 Å². The lowest BCUT2D eigenvalue weighted by molar-refractivity contribution is -0.148. The fraction of sp³-hybridized carbons (Fsp3) is 0.455. The summed E-state index contributed by atoms with van der Waals surface area (Å²) in [4.78, 5) is 22.9. The highest BCUT2D eigenvalue weighted by Crippen LogP contribution is 2.43. The number of carbonyl (C=O) groups is 2. The Balaban J connectivity index is 1.92. The lowest BCUT2D eigenvalue weighted by atomic mass is 9.67. The van der Waals surface area contributed by atoms with Gasteiger partial charge in [-0.15, -0.1) is 0 Å². The summed E-state index contributed by atoms with van der Waals surface area (Å²) in [5, 5.41) is 0. The van der Waals surface area contributed by atoms with E-state index in [2.05, 4.69) is 160 Å². The van der Waals surface area contributed by atoms with Crippen molar-refractivity contribution in [3.63, 3.8) is 0 Å². The van der Waals surface area contributed by atoms with Gasteiger partial charge in [0.25, 0.3) is 0 Å². The average Bonchev–Trinajstić information content (AvgIpc) is 2.93. The Bertz CT molecular complexity index is 1500. The van der Waals surface area contributed by atoms with Crippen LogP contribution >= 0.6 is 0 Å². The van der Waals surface area contributed by atoms with Crippen LogP contribution in [0.15, 0.2) is 130 Å². The summed E-state index contributed by atoms with van der Waals surface area (Å²) < 4.78 is 11.0. The molecule has 4 heteroatoms. The summed E-state index contributed by atoms with van der Waals surface area (Å²) in [5.74, 6) is -0.130. The van der Waals surface area contributed by atoms with Crippen molar-refractivity contribution in [3.8, 4) is 0 Å². The first-order valence-electron chi connectivity index (χ1n) is 17.2. The van der Waals surface area contributed by atoms with Crippen molar-refractivity contribution in [1.29, 1.82) is 0 Å². The zero-order valence-electron chi connectivity index (χ0n) is 31.6. The minimum Gasteiger partial charge on any atom is -0.462 e. The van der Waals surface area contributed by atoms with Crippen LogP contribution in [0.3, 0.4) is 0 Å². The molecule has 0 radical (unpaired) electrons. The molecule has 0 saturated carbocycles. The number of hydrogen-bond donors (Lipinski definition) is 0. The van der Waals surface area contributed by atoms with E-state index in [4.69, 9.17) is 9.47 Å². The third-order valence-electron chi connectivity index (χ3n) is 8.95. The maximum atomic E-state index is 11.4. The number of carbonyl (C=O) groups excluding carboxylic acids is 2. The van der Waals surface area contributed by atoms with E-state index in [0.717, 1.165) is 19.3 Å². The van der Waals surface area contributed by atoms with Gasteiger partial charge in [-0.25, -0.2) is 0 Å². The molecule has 3 atom stereocenters. The molecule has 0 saturated heterocycles. The molecular formula is C44H60O4. The second kappa shape index (κ2) is 18.6. The molecule has 0 heterocycles. The van der Waals surface area contributed by atoms with E-state index in [1.165, 1.54) is 52.9 Å². The molecule has 0 aromatic rings. The molecule has 4 nitrogen and oxygen atoms in total. The van der Waals surface area contributed by atoms with Gasteiger partial charge in [-0.05, 0) is 76.9 Å². The fourth-order valence-corrected chi connectivity index (χ4v) is 6.69. The predicted octanol–water partition coefficient (Wildman–Crippen LogP) is 11.5. The molecule has 0 unspecified atom stereocenters. The SMILES string of the molecule is CC(=O)O[C@@H]1CC(C)=C(/C=C/C(C)=C/C=C/C(C)=C/C=C/C=C(C)/C=C/C=C(C)/C=C/[C@H]2C(C)=C[C@@H](OC(C)=O)CC2(C)C)C(C)(C)C1. The predicted molar refractivity (Wildman–Crippen MR) is 203 cm³/mol. The number of ether oxygens (including phenoxy) is 2. The zero-order valence-corrected chi connectivity index (χ0v) is 31.6. The maximum Gasteiger partial charge on any atom is 0.303 e. The van der Waals surface area contributed by atoms with E-state index in [-0.39, 0.29) is 35.0 Å². The van der Waals surface area contributed by atoms with Crippen LogP contribution in [0.4, 0.5) is 0 Å². The van der Waals surface area contributed by atoms with Crippen LogP contribution < -0.4 is 0 Å². The van der Waals surface area contributed by atoms with Crippen LogP contribution in [0.5, 0.6) is 0 Å². The van der Waals surface area contributed by atoms with Crippen LogP contribution in [0.25, 0.3) is 0 Å². The van der Waals surface area contributed by atoms with Crippen LogP contribution in [-0.4, -0.2) is 24.1 Å². The van der Waals surface area contributed by atoms with Gasteiger partial charge in [-0.1, -0.05) is 146 Å². The standard InChI is InChI=1S/C44H60O4/c1-31(19-15-21-33(3)23-25-41-35(5)27-39(47-37(7)45)29-43(41,9)10)17-13-14-18-32(2)20-16-22-34(4)24-26-42-36(6)28-40(48-38(8)46)30-44(42,11)12/h13-27,39-41H,28-30H2,1-12H3/b14-13+,19-15+,20-16+,25-23+,26-24+,31-17+,32-18+,33-21+,34-22+/t39-,40-,41+/m1/s1. The minimum atomic E-state index is -0.228. The summed E-state index contributed by atoms with van der Waals surface area (Å²) in [6.45, 7) is 24.6. The third kappa shape index (κ3) is 14.1. The Morgan fingerprint density at radius 1 is 0.688 bits per heavy atom. The highest BCUT2D eigenvalue weighted by atomic mass is 16.5. The largest absolute Gasteiger partial charge is 0.462 e. The molecule has 2 aliphatic rings. The van der Waals surface area contributed by atoms with Gasteiger partial charge >= 0.3 is 11.9 Å². The minimum absolute atomic E-state index is 0.0110. The number of esters is 2. The third-order valence-corrected chi connectivity index (χ3v) is 8.95. The maximum absolute atomic E-state index is 11.4. The van der Waals surface area contributed by atoms with Crippen molar-refractivity contribution in [2.24, 2.45) is 16.7 Å². The molecule has 0 aliphatic heterocycles. The average molecular weight is 653 g/mol. The summed E-state index contributed by atoms with van der Waals surface area (Å²) >= 11 is 0. The van der Waals surface area contributed by atoms with Crippen LogP contribution in [0.1, 0.15) is 102 Å². The van der Waals surface area contributed by atoms with Crippen molar-refractivity contribution in [2.75, 3.05) is 0 Å². The highest BCUT2D eigenvalue weighted by Gasteiger charge is 2.36. The molecule has 0 N–H and O–H groups in total. The number of allylic oxidation sites excluding steroid dienone is 20. The van der Waals surface area contributed by atoms with Gasteiger partial charge in [0.1, 0.15) is 12.2 Å². The second-order valence-corrected chi connectivity index (χ2v) is 14.9. The quantitative estimate of drug-likeness (QED) is 0.120. The molecule has 0 spiro atoms. The number of rotatable bonds is 12. The first-order chi connectivity index (χ1) is 22.4. The summed E-state index contributed by atoms with van der Waals surface area (Å²) in [5.41, 5.74) is 8.53. The molecule has 0 amide bonds.